The zero-order chi connectivity index (χ0) is 20.2. The quantitative estimate of drug-likeness (QED) is 0.359. The van der Waals surface area contributed by atoms with Crippen molar-refractivity contribution >= 4 is 55.7 Å². The minimum atomic E-state index is -0.401. The lowest BCUT2D eigenvalue weighted by Crippen LogP contribution is -2.19. The van der Waals surface area contributed by atoms with Gasteiger partial charge in [0.2, 0.25) is 0 Å². The molecule has 0 atom stereocenters. The van der Waals surface area contributed by atoms with Crippen molar-refractivity contribution in [3.8, 4) is 0 Å². The predicted octanol–water partition coefficient (Wildman–Crippen LogP) is 5.92. The van der Waals surface area contributed by atoms with Crippen molar-refractivity contribution in [2.45, 2.75) is 0 Å². The molecule has 0 fully saturated rings. The molecule has 29 heavy (non-hydrogen) atoms. The van der Waals surface area contributed by atoms with Gasteiger partial charge in [-0.2, -0.15) is 0 Å². The molecule has 3 N–H and O–H groups in total. The van der Waals surface area contributed by atoms with Gasteiger partial charge in [0.1, 0.15) is 18.0 Å². The van der Waals surface area contributed by atoms with E-state index in [0.717, 1.165) is 0 Å². The lowest BCUT2D eigenvalue weighted by Gasteiger charge is -2.11. The van der Waals surface area contributed by atoms with E-state index in [1.54, 1.807) is 42.5 Å². The number of amides is 2. The molecule has 6 nitrogen and oxygen atoms in total. The number of aromatic nitrogens is 2. The van der Waals surface area contributed by atoms with Crippen LogP contribution < -0.4 is 16.0 Å². The van der Waals surface area contributed by atoms with Crippen LogP contribution in [0, 0.1) is 5.82 Å². The Hall–Kier alpha value is -3.52. The van der Waals surface area contributed by atoms with E-state index in [1.807, 2.05) is 18.2 Å². The third kappa shape index (κ3) is 4.49. The van der Waals surface area contributed by atoms with Crippen LogP contribution in [0.5, 0.6) is 0 Å². The predicted molar refractivity (Wildman–Crippen MR) is 116 cm³/mol. The first-order valence-corrected chi connectivity index (χ1v) is 9.48. The van der Waals surface area contributed by atoms with Crippen LogP contribution in [0.15, 0.2) is 77.5 Å². The van der Waals surface area contributed by atoms with Crippen molar-refractivity contribution in [1.29, 1.82) is 0 Å². The number of rotatable bonds is 4. The van der Waals surface area contributed by atoms with Crippen LogP contribution in [0.1, 0.15) is 0 Å². The van der Waals surface area contributed by atoms with Crippen LogP contribution in [0.3, 0.4) is 0 Å². The average molecular weight is 452 g/mol. The number of carbonyl (C=O) groups is 1. The van der Waals surface area contributed by atoms with E-state index >= 15 is 0 Å². The van der Waals surface area contributed by atoms with E-state index in [1.165, 1.54) is 12.4 Å². The van der Waals surface area contributed by atoms with Crippen molar-refractivity contribution in [2.24, 2.45) is 0 Å². The number of benzene rings is 3. The van der Waals surface area contributed by atoms with Gasteiger partial charge in [-0.15, -0.1) is 0 Å². The van der Waals surface area contributed by atoms with Gasteiger partial charge in [-0.25, -0.2) is 19.2 Å². The molecule has 2 amide bonds. The minimum Gasteiger partial charge on any atom is -0.337 e. The number of para-hydroxylation sites is 1. The monoisotopic (exact) mass is 451 g/mol. The second kappa shape index (κ2) is 8.24. The summed E-state index contributed by atoms with van der Waals surface area (Å²) in [5.74, 6) is 0.0681. The molecule has 1 heterocycles. The summed E-state index contributed by atoms with van der Waals surface area (Å²) in [6.45, 7) is 0. The van der Waals surface area contributed by atoms with Gasteiger partial charge in [0.05, 0.1) is 11.2 Å². The number of hydrogen-bond donors (Lipinski definition) is 3. The van der Waals surface area contributed by atoms with Gasteiger partial charge in [0, 0.05) is 21.2 Å². The second-order valence-electron chi connectivity index (χ2n) is 6.15. The number of nitrogens with one attached hydrogen (secondary N) is 3. The number of halogens is 2. The summed E-state index contributed by atoms with van der Waals surface area (Å²) in [6.07, 6.45) is 1.38. The summed E-state index contributed by atoms with van der Waals surface area (Å²) in [4.78, 5) is 20.6. The zero-order valence-electron chi connectivity index (χ0n) is 15.0. The molecule has 3 aromatic carbocycles. The van der Waals surface area contributed by atoms with Crippen LogP contribution >= 0.6 is 15.9 Å². The molecule has 0 saturated carbocycles. The van der Waals surface area contributed by atoms with Crippen molar-refractivity contribution in [3.63, 3.8) is 0 Å². The number of urea groups is 1. The molecule has 0 unspecified atom stereocenters. The molecular formula is C21H15BrFN5O. The molecule has 8 heteroatoms. The Bertz CT molecular complexity index is 1190. The van der Waals surface area contributed by atoms with Gasteiger partial charge in [-0.1, -0.05) is 34.1 Å². The second-order valence-corrected chi connectivity index (χ2v) is 7.06. The summed E-state index contributed by atoms with van der Waals surface area (Å²) in [5, 5.41) is 9.21. The molecule has 4 aromatic rings. The third-order valence-corrected chi connectivity index (χ3v) is 4.60. The Morgan fingerprint density at radius 2 is 1.69 bits per heavy atom. The van der Waals surface area contributed by atoms with Gasteiger partial charge in [-0.3, -0.25) is 0 Å². The summed E-state index contributed by atoms with van der Waals surface area (Å²) < 4.78 is 14.8. The highest BCUT2D eigenvalue weighted by molar-refractivity contribution is 9.10. The molecule has 144 valence electrons. The lowest BCUT2D eigenvalue weighted by molar-refractivity contribution is 0.262. The van der Waals surface area contributed by atoms with Crippen molar-refractivity contribution in [3.05, 3.63) is 83.3 Å². The first-order valence-electron chi connectivity index (χ1n) is 8.68. The zero-order valence-corrected chi connectivity index (χ0v) is 16.6. The fourth-order valence-corrected chi connectivity index (χ4v) is 3.10. The SMILES string of the molecule is O=C(Nc1ccccc1)Nc1ccc2c(Nc3ccc(Br)cc3F)ncnc2c1. The fraction of sp³-hybridized carbons (Fsp3) is 0. The minimum absolute atomic E-state index is 0.303. The fourth-order valence-electron chi connectivity index (χ4n) is 2.77. The number of anilines is 4. The van der Waals surface area contributed by atoms with Crippen LogP contribution in [0.2, 0.25) is 0 Å². The highest BCUT2D eigenvalue weighted by atomic mass is 79.9. The molecule has 0 bridgehead atoms. The van der Waals surface area contributed by atoms with Crippen LogP contribution in [0.25, 0.3) is 10.9 Å². The molecule has 1 aromatic heterocycles. The van der Waals surface area contributed by atoms with E-state index in [-0.39, 0.29) is 6.03 Å². The highest BCUT2D eigenvalue weighted by Crippen LogP contribution is 2.27. The number of hydrogen-bond acceptors (Lipinski definition) is 4. The average Bonchev–Trinajstić information content (AvgIpc) is 2.71. The Kier molecular flexibility index (Phi) is 5.35. The lowest BCUT2D eigenvalue weighted by atomic mass is 10.2. The molecule has 0 radical (unpaired) electrons. The van der Waals surface area contributed by atoms with E-state index in [2.05, 4.69) is 41.8 Å². The normalized spacial score (nSPS) is 10.6. The summed E-state index contributed by atoms with van der Waals surface area (Å²) in [5.41, 5.74) is 2.18. The van der Waals surface area contributed by atoms with Gasteiger partial charge >= 0.3 is 6.03 Å². The first-order chi connectivity index (χ1) is 14.1. The number of carbonyl (C=O) groups excluding carboxylic acids is 1. The molecule has 4 rings (SSSR count). The van der Waals surface area contributed by atoms with E-state index in [0.29, 0.717) is 38.3 Å². The van der Waals surface area contributed by atoms with E-state index in [9.17, 15) is 9.18 Å². The standard InChI is InChI=1S/C21H15BrFN5O/c22-13-6-9-18(17(23)10-13)28-20-16-8-7-15(11-19(16)24-12-25-20)27-21(29)26-14-4-2-1-3-5-14/h1-12H,(H,24,25,28)(H2,26,27,29). The number of fused-ring (bicyclic) bond motifs is 1. The Morgan fingerprint density at radius 3 is 2.48 bits per heavy atom. The first kappa shape index (κ1) is 18.8. The van der Waals surface area contributed by atoms with Gasteiger partial charge in [0.15, 0.2) is 0 Å². The highest BCUT2D eigenvalue weighted by Gasteiger charge is 2.10. The van der Waals surface area contributed by atoms with Crippen LogP contribution in [-0.2, 0) is 0 Å². The van der Waals surface area contributed by atoms with E-state index < -0.39 is 5.82 Å². The summed E-state index contributed by atoms with van der Waals surface area (Å²) >= 11 is 3.24. The molecule has 0 aliphatic carbocycles. The Morgan fingerprint density at radius 1 is 0.897 bits per heavy atom. The molecule has 0 saturated heterocycles. The summed E-state index contributed by atoms with van der Waals surface area (Å²) in [6, 6.07) is 18.8. The topological polar surface area (TPSA) is 78.9 Å². The van der Waals surface area contributed by atoms with Crippen LogP contribution in [-0.4, -0.2) is 16.0 Å². The van der Waals surface area contributed by atoms with Gasteiger partial charge < -0.3 is 16.0 Å². The van der Waals surface area contributed by atoms with Crippen molar-refractivity contribution in [2.75, 3.05) is 16.0 Å². The van der Waals surface area contributed by atoms with E-state index in [4.69, 9.17) is 0 Å². The van der Waals surface area contributed by atoms with Gasteiger partial charge in [-0.05, 0) is 48.5 Å². The maximum absolute atomic E-state index is 14.1. The molecule has 0 aliphatic rings. The van der Waals surface area contributed by atoms with Crippen molar-refractivity contribution < 1.29 is 9.18 Å². The number of nitrogens with zero attached hydrogens (tertiary/aromatic N) is 2. The smallest absolute Gasteiger partial charge is 0.323 e. The van der Waals surface area contributed by atoms with Crippen molar-refractivity contribution in [1.82, 2.24) is 9.97 Å². The Balaban J connectivity index is 1.55. The molecule has 0 spiro atoms. The third-order valence-electron chi connectivity index (χ3n) is 4.11. The largest absolute Gasteiger partial charge is 0.337 e. The summed E-state index contributed by atoms with van der Waals surface area (Å²) in [7, 11) is 0. The van der Waals surface area contributed by atoms with Gasteiger partial charge in [0.25, 0.3) is 0 Å². The molecule has 0 aliphatic heterocycles. The molecular weight excluding hydrogens is 437 g/mol. The Labute approximate surface area is 174 Å². The maximum Gasteiger partial charge on any atom is 0.323 e. The van der Waals surface area contributed by atoms with Crippen LogP contribution in [0.4, 0.5) is 32.1 Å². The maximum atomic E-state index is 14.1.